The van der Waals surface area contributed by atoms with Crippen LogP contribution in [-0.4, -0.2) is 14.2 Å². The Labute approximate surface area is 158 Å². The van der Waals surface area contributed by atoms with Gasteiger partial charge < -0.3 is 5.32 Å². The van der Waals surface area contributed by atoms with E-state index in [0.29, 0.717) is 17.1 Å². The molecule has 0 heterocycles. The smallest absolute Gasteiger partial charge is 0.233 e. The molecule has 0 saturated heterocycles. The van der Waals surface area contributed by atoms with Gasteiger partial charge in [0.05, 0.1) is 16.5 Å². The van der Waals surface area contributed by atoms with Crippen molar-refractivity contribution in [2.24, 2.45) is 0 Å². The van der Waals surface area contributed by atoms with Crippen molar-refractivity contribution in [2.75, 3.05) is 15.8 Å². The Morgan fingerprint density at radius 3 is 2.08 bits per heavy atom. The van der Waals surface area contributed by atoms with Crippen LogP contribution in [0.4, 0.5) is 17.1 Å². The monoisotopic (exact) mass is 386 g/mol. The molecule has 0 aliphatic heterocycles. The number of hydrogen-bond acceptors (Lipinski definition) is 3. The van der Waals surface area contributed by atoms with E-state index in [1.165, 1.54) is 0 Å². The fraction of sp³-hybridized carbons (Fsp3) is 0.100. The fourth-order valence-electron chi connectivity index (χ4n) is 2.47. The summed E-state index contributed by atoms with van der Waals surface area (Å²) in [4.78, 5) is 0. The summed E-state index contributed by atoms with van der Waals surface area (Å²) in [6, 6.07) is 24.0. The Hall–Kier alpha value is -2.50. The zero-order valence-electron chi connectivity index (χ0n) is 14.0. The molecular weight excluding hydrogens is 368 g/mol. The normalized spacial score (nSPS) is 11.1. The van der Waals surface area contributed by atoms with E-state index >= 15 is 0 Å². The van der Waals surface area contributed by atoms with Crippen LogP contribution in [-0.2, 0) is 16.4 Å². The van der Waals surface area contributed by atoms with Crippen LogP contribution in [0.2, 0.25) is 5.02 Å². The molecule has 0 amide bonds. The van der Waals surface area contributed by atoms with Gasteiger partial charge in [0, 0.05) is 11.4 Å². The second-order valence-electron chi connectivity index (χ2n) is 5.84. The molecule has 3 aromatic carbocycles. The Bertz CT molecular complexity index is 959. The van der Waals surface area contributed by atoms with E-state index in [4.69, 9.17) is 11.6 Å². The molecule has 3 rings (SSSR count). The predicted molar refractivity (Wildman–Crippen MR) is 109 cm³/mol. The van der Waals surface area contributed by atoms with Gasteiger partial charge in [-0.3, -0.25) is 4.72 Å². The van der Waals surface area contributed by atoms with Gasteiger partial charge in [-0.1, -0.05) is 54.1 Å². The average Bonchev–Trinajstić information content (AvgIpc) is 2.64. The SMILES string of the molecule is O=S(=O)(CCc1ccccc1)Nc1ccc(Nc2ccccc2Cl)cc1. The van der Waals surface area contributed by atoms with Crippen LogP contribution in [0.3, 0.4) is 0 Å². The molecule has 2 N–H and O–H groups in total. The molecule has 4 nitrogen and oxygen atoms in total. The van der Waals surface area contributed by atoms with Crippen LogP contribution in [0.15, 0.2) is 78.9 Å². The van der Waals surface area contributed by atoms with Gasteiger partial charge in [-0.15, -0.1) is 0 Å². The van der Waals surface area contributed by atoms with Crippen molar-refractivity contribution in [1.29, 1.82) is 0 Å². The zero-order chi connectivity index (χ0) is 18.4. The third-order valence-electron chi connectivity index (χ3n) is 3.81. The first-order valence-electron chi connectivity index (χ1n) is 8.18. The maximum absolute atomic E-state index is 12.2. The van der Waals surface area contributed by atoms with Crippen molar-refractivity contribution in [3.05, 3.63) is 89.4 Å². The minimum absolute atomic E-state index is 0.0383. The highest BCUT2D eigenvalue weighted by Crippen LogP contribution is 2.25. The molecule has 0 atom stereocenters. The number of benzene rings is 3. The van der Waals surface area contributed by atoms with E-state index in [-0.39, 0.29) is 5.75 Å². The van der Waals surface area contributed by atoms with E-state index in [1.54, 1.807) is 30.3 Å². The maximum Gasteiger partial charge on any atom is 0.233 e. The van der Waals surface area contributed by atoms with E-state index in [0.717, 1.165) is 16.9 Å². The fourth-order valence-corrected chi connectivity index (χ4v) is 3.75. The third kappa shape index (κ3) is 5.25. The average molecular weight is 387 g/mol. The summed E-state index contributed by atoms with van der Waals surface area (Å²) in [5.41, 5.74) is 3.15. The van der Waals surface area contributed by atoms with Gasteiger partial charge >= 0.3 is 0 Å². The first-order chi connectivity index (χ1) is 12.5. The Kier molecular flexibility index (Phi) is 5.81. The molecule has 0 aliphatic rings. The lowest BCUT2D eigenvalue weighted by Crippen LogP contribution is -2.18. The van der Waals surface area contributed by atoms with Crippen LogP contribution < -0.4 is 10.0 Å². The summed E-state index contributed by atoms with van der Waals surface area (Å²) < 4.78 is 27.1. The summed E-state index contributed by atoms with van der Waals surface area (Å²) in [6.07, 6.45) is 0.475. The first kappa shape index (κ1) is 18.3. The number of nitrogens with one attached hydrogen (secondary N) is 2. The molecule has 0 radical (unpaired) electrons. The van der Waals surface area contributed by atoms with Crippen molar-refractivity contribution in [2.45, 2.75) is 6.42 Å². The number of sulfonamides is 1. The second kappa shape index (κ2) is 8.25. The minimum atomic E-state index is -3.40. The van der Waals surface area contributed by atoms with E-state index in [2.05, 4.69) is 10.0 Å². The van der Waals surface area contributed by atoms with Crippen LogP contribution >= 0.6 is 11.6 Å². The quantitative estimate of drug-likeness (QED) is 0.596. The van der Waals surface area contributed by atoms with Gasteiger partial charge in [0.2, 0.25) is 10.0 Å². The molecular formula is C20H19ClN2O2S. The summed E-state index contributed by atoms with van der Waals surface area (Å²) in [5, 5.41) is 3.82. The molecule has 3 aromatic rings. The van der Waals surface area contributed by atoms with Gasteiger partial charge in [0.25, 0.3) is 0 Å². The summed E-state index contributed by atoms with van der Waals surface area (Å²) in [5.74, 6) is 0.0383. The molecule has 0 aliphatic carbocycles. The summed E-state index contributed by atoms with van der Waals surface area (Å²) in [7, 11) is -3.40. The van der Waals surface area contributed by atoms with Crippen molar-refractivity contribution in [3.8, 4) is 0 Å². The Balaban J connectivity index is 1.60. The van der Waals surface area contributed by atoms with Crippen molar-refractivity contribution in [1.82, 2.24) is 0 Å². The highest BCUT2D eigenvalue weighted by molar-refractivity contribution is 7.92. The second-order valence-corrected chi connectivity index (χ2v) is 8.09. The number of halogens is 1. The number of para-hydroxylation sites is 1. The molecule has 26 heavy (non-hydrogen) atoms. The Morgan fingerprint density at radius 1 is 0.769 bits per heavy atom. The lowest BCUT2D eigenvalue weighted by atomic mass is 10.2. The molecule has 0 aromatic heterocycles. The van der Waals surface area contributed by atoms with E-state index in [1.807, 2.05) is 48.5 Å². The van der Waals surface area contributed by atoms with E-state index < -0.39 is 10.0 Å². The zero-order valence-corrected chi connectivity index (χ0v) is 15.6. The lowest BCUT2D eigenvalue weighted by Gasteiger charge is -2.11. The predicted octanol–water partition coefficient (Wildman–Crippen LogP) is 5.07. The molecule has 0 spiro atoms. The van der Waals surface area contributed by atoms with Crippen molar-refractivity contribution < 1.29 is 8.42 Å². The van der Waals surface area contributed by atoms with Gasteiger partial charge in [0.15, 0.2) is 0 Å². The van der Waals surface area contributed by atoms with Gasteiger partial charge in [-0.25, -0.2) is 8.42 Å². The van der Waals surface area contributed by atoms with E-state index in [9.17, 15) is 8.42 Å². The topological polar surface area (TPSA) is 58.2 Å². The van der Waals surface area contributed by atoms with Crippen LogP contribution in [0.1, 0.15) is 5.56 Å². The summed E-state index contributed by atoms with van der Waals surface area (Å²) in [6.45, 7) is 0. The molecule has 134 valence electrons. The molecule has 0 saturated carbocycles. The molecule has 0 fully saturated rings. The standard InChI is InChI=1S/C20H19ClN2O2S/c21-19-8-4-5-9-20(19)22-17-10-12-18(13-11-17)23-26(24,25)15-14-16-6-2-1-3-7-16/h1-13,22-23H,14-15H2. The van der Waals surface area contributed by atoms with Gasteiger partial charge in [0.1, 0.15) is 0 Å². The minimum Gasteiger partial charge on any atom is -0.354 e. The van der Waals surface area contributed by atoms with Crippen LogP contribution in [0.5, 0.6) is 0 Å². The van der Waals surface area contributed by atoms with Crippen LogP contribution in [0, 0.1) is 0 Å². The van der Waals surface area contributed by atoms with Gasteiger partial charge in [-0.2, -0.15) is 0 Å². The molecule has 0 unspecified atom stereocenters. The van der Waals surface area contributed by atoms with Crippen molar-refractivity contribution >= 4 is 38.7 Å². The highest BCUT2D eigenvalue weighted by Gasteiger charge is 2.11. The number of hydrogen-bond donors (Lipinski definition) is 2. The number of rotatable bonds is 7. The largest absolute Gasteiger partial charge is 0.354 e. The summed E-state index contributed by atoms with van der Waals surface area (Å²) >= 11 is 6.12. The number of aryl methyl sites for hydroxylation is 1. The van der Waals surface area contributed by atoms with Crippen molar-refractivity contribution in [3.63, 3.8) is 0 Å². The highest BCUT2D eigenvalue weighted by atomic mass is 35.5. The van der Waals surface area contributed by atoms with Crippen LogP contribution in [0.25, 0.3) is 0 Å². The molecule has 0 bridgehead atoms. The third-order valence-corrected chi connectivity index (χ3v) is 5.43. The van der Waals surface area contributed by atoms with Gasteiger partial charge in [-0.05, 0) is 48.4 Å². The molecule has 6 heteroatoms. The number of anilines is 3. The lowest BCUT2D eigenvalue weighted by molar-refractivity contribution is 0.600. The maximum atomic E-state index is 12.2. The first-order valence-corrected chi connectivity index (χ1v) is 10.2. The Morgan fingerprint density at radius 2 is 1.38 bits per heavy atom.